The number of aryl methyl sites for hydroxylation is 1. The summed E-state index contributed by atoms with van der Waals surface area (Å²) in [6.07, 6.45) is 7.36. The van der Waals surface area contributed by atoms with E-state index in [1.165, 1.54) is 16.7 Å². The molecule has 0 radical (unpaired) electrons. The number of benzene rings is 2. The number of aromatic amines is 1. The zero-order valence-corrected chi connectivity index (χ0v) is 14.9. The summed E-state index contributed by atoms with van der Waals surface area (Å²) in [6, 6.07) is 18.5. The highest BCUT2D eigenvalue weighted by Crippen LogP contribution is 2.24. The van der Waals surface area contributed by atoms with Gasteiger partial charge in [-0.15, -0.1) is 0 Å². The molecule has 0 fully saturated rings. The standard InChI is InChI=1S/C22H20N4O/c27-22(25-20-4-2-12-23-15-20)5-1-3-16-6-8-17(9-7-16)18-10-11-21-19(13-18)14-24-26-21/h2,4,6-15H,1,3,5H2,(H,24,26)(H,25,27). The maximum atomic E-state index is 12.0. The van der Waals surface area contributed by atoms with Crippen LogP contribution in [0.1, 0.15) is 18.4 Å². The van der Waals surface area contributed by atoms with Crippen molar-refractivity contribution < 1.29 is 4.79 Å². The quantitative estimate of drug-likeness (QED) is 0.531. The first kappa shape index (κ1) is 17.0. The molecule has 5 heteroatoms. The normalized spacial score (nSPS) is 10.8. The van der Waals surface area contributed by atoms with Gasteiger partial charge in [0.2, 0.25) is 5.91 Å². The van der Waals surface area contributed by atoms with Crippen molar-refractivity contribution in [2.24, 2.45) is 0 Å². The van der Waals surface area contributed by atoms with Gasteiger partial charge in [-0.25, -0.2) is 0 Å². The second-order valence-electron chi connectivity index (χ2n) is 6.51. The first-order valence-corrected chi connectivity index (χ1v) is 9.00. The van der Waals surface area contributed by atoms with Crippen molar-refractivity contribution in [2.75, 3.05) is 5.32 Å². The van der Waals surface area contributed by atoms with Crippen LogP contribution in [0.5, 0.6) is 0 Å². The molecule has 4 rings (SSSR count). The number of amides is 1. The second-order valence-corrected chi connectivity index (χ2v) is 6.51. The third-order valence-electron chi connectivity index (χ3n) is 4.54. The Kier molecular flexibility index (Phi) is 4.92. The summed E-state index contributed by atoms with van der Waals surface area (Å²) in [7, 11) is 0. The van der Waals surface area contributed by atoms with Crippen LogP contribution in [-0.2, 0) is 11.2 Å². The fraction of sp³-hybridized carbons (Fsp3) is 0.136. The number of fused-ring (bicyclic) bond motifs is 1. The molecule has 0 aliphatic heterocycles. The van der Waals surface area contributed by atoms with Crippen LogP contribution in [0.15, 0.2) is 73.2 Å². The third kappa shape index (κ3) is 4.20. The number of nitrogens with one attached hydrogen (secondary N) is 2. The van der Waals surface area contributed by atoms with Crippen LogP contribution < -0.4 is 5.32 Å². The van der Waals surface area contributed by atoms with Gasteiger partial charge in [0, 0.05) is 18.0 Å². The van der Waals surface area contributed by atoms with Crippen LogP contribution in [0.25, 0.3) is 22.0 Å². The number of rotatable bonds is 6. The first-order chi connectivity index (χ1) is 13.3. The number of hydrogen-bond donors (Lipinski definition) is 2. The first-order valence-electron chi connectivity index (χ1n) is 9.00. The van der Waals surface area contributed by atoms with Gasteiger partial charge in [0.05, 0.1) is 23.6 Å². The van der Waals surface area contributed by atoms with E-state index in [1.807, 2.05) is 24.4 Å². The number of carbonyl (C=O) groups excluding carboxylic acids is 1. The van der Waals surface area contributed by atoms with Crippen molar-refractivity contribution in [3.63, 3.8) is 0 Å². The Balaban J connectivity index is 1.32. The monoisotopic (exact) mass is 356 g/mol. The molecule has 27 heavy (non-hydrogen) atoms. The van der Waals surface area contributed by atoms with Crippen molar-refractivity contribution in [3.05, 3.63) is 78.8 Å². The fourth-order valence-corrected chi connectivity index (χ4v) is 3.10. The SMILES string of the molecule is O=C(CCCc1ccc(-c2ccc3[nH]ncc3c2)cc1)Nc1cccnc1. The Morgan fingerprint density at radius 1 is 1.00 bits per heavy atom. The number of H-pyrrole nitrogens is 1. The van der Waals surface area contributed by atoms with E-state index in [0.29, 0.717) is 6.42 Å². The highest BCUT2D eigenvalue weighted by molar-refractivity contribution is 5.90. The Hall–Kier alpha value is -3.47. The van der Waals surface area contributed by atoms with Gasteiger partial charge in [-0.3, -0.25) is 14.9 Å². The lowest BCUT2D eigenvalue weighted by Crippen LogP contribution is -2.11. The predicted molar refractivity (Wildman–Crippen MR) is 107 cm³/mol. The molecule has 0 aliphatic carbocycles. The lowest BCUT2D eigenvalue weighted by Gasteiger charge is -2.06. The van der Waals surface area contributed by atoms with Gasteiger partial charge in [-0.2, -0.15) is 5.10 Å². The van der Waals surface area contributed by atoms with E-state index in [-0.39, 0.29) is 5.91 Å². The highest BCUT2D eigenvalue weighted by Gasteiger charge is 2.04. The molecule has 0 atom stereocenters. The molecule has 134 valence electrons. The van der Waals surface area contributed by atoms with Crippen molar-refractivity contribution in [3.8, 4) is 11.1 Å². The zero-order chi connectivity index (χ0) is 18.5. The minimum absolute atomic E-state index is 0.0213. The van der Waals surface area contributed by atoms with Crippen LogP contribution >= 0.6 is 0 Å². The number of carbonyl (C=O) groups is 1. The van der Waals surface area contributed by atoms with Crippen LogP contribution in [0, 0.1) is 0 Å². The molecule has 0 saturated carbocycles. The van der Waals surface area contributed by atoms with Gasteiger partial charge in [-0.1, -0.05) is 30.3 Å². The molecule has 2 N–H and O–H groups in total. The summed E-state index contributed by atoms with van der Waals surface area (Å²) in [5.41, 5.74) is 5.36. The van der Waals surface area contributed by atoms with Gasteiger partial charge < -0.3 is 5.32 Å². The molecular formula is C22H20N4O. The van der Waals surface area contributed by atoms with Crippen LogP contribution in [0.2, 0.25) is 0 Å². The molecule has 2 aromatic heterocycles. The summed E-state index contributed by atoms with van der Waals surface area (Å²) >= 11 is 0. The maximum Gasteiger partial charge on any atom is 0.224 e. The largest absolute Gasteiger partial charge is 0.325 e. The Morgan fingerprint density at radius 3 is 2.67 bits per heavy atom. The number of hydrogen-bond acceptors (Lipinski definition) is 3. The summed E-state index contributed by atoms with van der Waals surface area (Å²) in [5.74, 6) is 0.0213. The molecule has 0 bridgehead atoms. The molecule has 2 aromatic carbocycles. The Morgan fingerprint density at radius 2 is 1.85 bits per heavy atom. The van der Waals surface area contributed by atoms with Crippen molar-refractivity contribution in [1.29, 1.82) is 0 Å². The third-order valence-corrected chi connectivity index (χ3v) is 4.54. The highest BCUT2D eigenvalue weighted by atomic mass is 16.1. The number of pyridine rings is 1. The minimum atomic E-state index is 0.0213. The predicted octanol–water partition coefficient (Wildman–Crippen LogP) is 4.59. The Labute approximate surface area is 157 Å². The fourth-order valence-electron chi connectivity index (χ4n) is 3.10. The smallest absolute Gasteiger partial charge is 0.224 e. The maximum absolute atomic E-state index is 12.0. The van der Waals surface area contributed by atoms with Gasteiger partial charge >= 0.3 is 0 Å². The van der Waals surface area contributed by atoms with Crippen LogP contribution in [0.3, 0.4) is 0 Å². The van der Waals surface area contributed by atoms with E-state index >= 15 is 0 Å². The zero-order valence-electron chi connectivity index (χ0n) is 14.9. The van der Waals surface area contributed by atoms with E-state index in [0.717, 1.165) is 29.4 Å². The van der Waals surface area contributed by atoms with Gasteiger partial charge in [0.15, 0.2) is 0 Å². The lowest BCUT2D eigenvalue weighted by atomic mass is 10.0. The van der Waals surface area contributed by atoms with Crippen molar-refractivity contribution in [2.45, 2.75) is 19.3 Å². The topological polar surface area (TPSA) is 70.7 Å². The average molecular weight is 356 g/mol. The van der Waals surface area contributed by atoms with E-state index in [1.54, 1.807) is 12.4 Å². The molecule has 0 aliphatic rings. The lowest BCUT2D eigenvalue weighted by molar-refractivity contribution is -0.116. The molecule has 1 amide bonds. The van der Waals surface area contributed by atoms with Gasteiger partial charge in [-0.05, 0) is 53.8 Å². The summed E-state index contributed by atoms with van der Waals surface area (Å²) in [4.78, 5) is 16.0. The summed E-state index contributed by atoms with van der Waals surface area (Å²) in [6.45, 7) is 0. The summed E-state index contributed by atoms with van der Waals surface area (Å²) in [5, 5.41) is 11.0. The van der Waals surface area contributed by atoms with E-state index < -0.39 is 0 Å². The number of anilines is 1. The van der Waals surface area contributed by atoms with Crippen molar-refractivity contribution >= 4 is 22.5 Å². The van der Waals surface area contributed by atoms with Gasteiger partial charge in [0.1, 0.15) is 0 Å². The van der Waals surface area contributed by atoms with E-state index in [2.05, 4.69) is 56.9 Å². The molecule has 5 nitrogen and oxygen atoms in total. The molecule has 0 spiro atoms. The number of aromatic nitrogens is 3. The molecule has 0 saturated heterocycles. The van der Waals surface area contributed by atoms with E-state index in [4.69, 9.17) is 0 Å². The molecule has 2 heterocycles. The molecular weight excluding hydrogens is 336 g/mol. The van der Waals surface area contributed by atoms with Gasteiger partial charge in [0.25, 0.3) is 0 Å². The second kappa shape index (κ2) is 7.83. The average Bonchev–Trinajstić information content (AvgIpc) is 3.17. The number of nitrogens with zero attached hydrogens (tertiary/aromatic N) is 2. The Bertz CT molecular complexity index is 1040. The van der Waals surface area contributed by atoms with Crippen molar-refractivity contribution in [1.82, 2.24) is 15.2 Å². The van der Waals surface area contributed by atoms with E-state index in [9.17, 15) is 4.79 Å². The minimum Gasteiger partial charge on any atom is -0.325 e. The molecule has 4 aromatic rings. The molecule has 0 unspecified atom stereocenters. The van der Waals surface area contributed by atoms with Crippen LogP contribution in [-0.4, -0.2) is 21.1 Å². The summed E-state index contributed by atoms with van der Waals surface area (Å²) < 4.78 is 0. The van der Waals surface area contributed by atoms with Crippen LogP contribution in [0.4, 0.5) is 5.69 Å².